The van der Waals surface area contributed by atoms with Gasteiger partial charge in [0.05, 0.1) is 24.7 Å². The first kappa shape index (κ1) is 15.0. The van der Waals surface area contributed by atoms with E-state index in [9.17, 15) is 4.79 Å². The van der Waals surface area contributed by atoms with Gasteiger partial charge in [-0.05, 0) is 47.5 Å². The summed E-state index contributed by atoms with van der Waals surface area (Å²) in [7, 11) is 1.63. The van der Waals surface area contributed by atoms with Crippen molar-refractivity contribution >= 4 is 21.9 Å². The van der Waals surface area contributed by atoms with E-state index < -0.39 is 0 Å². The van der Waals surface area contributed by atoms with Crippen molar-refractivity contribution in [2.24, 2.45) is 0 Å². The molecule has 1 atom stereocenters. The van der Waals surface area contributed by atoms with Crippen LogP contribution in [0.1, 0.15) is 25.5 Å². The highest BCUT2D eigenvalue weighted by molar-refractivity contribution is 9.10. The Morgan fingerprint density at radius 2 is 2.22 bits per heavy atom. The summed E-state index contributed by atoms with van der Waals surface area (Å²) in [6.45, 7) is 4.40. The number of methoxy groups -OCH3 is 1. The molecule has 0 aliphatic heterocycles. The molecule has 1 aromatic rings. The van der Waals surface area contributed by atoms with E-state index in [1.54, 1.807) is 14.0 Å². The van der Waals surface area contributed by atoms with Gasteiger partial charge in [-0.1, -0.05) is 6.07 Å². The molecule has 1 aromatic carbocycles. The zero-order valence-electron chi connectivity index (χ0n) is 10.8. The number of halogens is 1. The average molecular weight is 316 g/mol. The lowest BCUT2D eigenvalue weighted by molar-refractivity contribution is -0.142. The van der Waals surface area contributed by atoms with Crippen molar-refractivity contribution in [1.82, 2.24) is 5.32 Å². The quantitative estimate of drug-likeness (QED) is 0.820. The lowest BCUT2D eigenvalue weighted by atomic mass is 10.1. The molecule has 1 rings (SSSR count). The Bertz CT molecular complexity index is 409. The zero-order valence-corrected chi connectivity index (χ0v) is 12.4. The smallest absolute Gasteiger partial charge is 0.319 e. The number of rotatable bonds is 6. The number of hydrogen-bond donors (Lipinski definition) is 1. The maximum absolute atomic E-state index is 11.2. The molecule has 100 valence electrons. The van der Waals surface area contributed by atoms with Crippen LogP contribution in [-0.2, 0) is 9.53 Å². The largest absolute Gasteiger partial charge is 0.496 e. The predicted octanol–water partition coefficient (Wildman–Crippen LogP) is 2.67. The van der Waals surface area contributed by atoms with Gasteiger partial charge < -0.3 is 14.8 Å². The van der Waals surface area contributed by atoms with Crippen LogP contribution >= 0.6 is 15.9 Å². The first-order valence-electron chi connectivity index (χ1n) is 5.81. The van der Waals surface area contributed by atoms with Crippen molar-refractivity contribution in [3.63, 3.8) is 0 Å². The Balaban J connectivity index is 2.58. The molecule has 4 nitrogen and oxygen atoms in total. The Morgan fingerprint density at radius 1 is 1.50 bits per heavy atom. The third-order valence-corrected chi connectivity index (χ3v) is 3.15. The summed E-state index contributed by atoms with van der Waals surface area (Å²) in [5.74, 6) is 0.549. The van der Waals surface area contributed by atoms with Gasteiger partial charge in [0.2, 0.25) is 0 Å². The van der Waals surface area contributed by atoms with Gasteiger partial charge in [0.25, 0.3) is 0 Å². The minimum absolute atomic E-state index is 0.0663. The summed E-state index contributed by atoms with van der Waals surface area (Å²) >= 11 is 3.44. The lowest BCUT2D eigenvalue weighted by Gasteiger charge is -2.15. The first-order chi connectivity index (χ1) is 8.58. The van der Waals surface area contributed by atoms with Gasteiger partial charge in [-0.25, -0.2) is 0 Å². The van der Waals surface area contributed by atoms with Crippen LogP contribution in [0.25, 0.3) is 0 Å². The van der Waals surface area contributed by atoms with Crippen molar-refractivity contribution in [2.45, 2.75) is 19.9 Å². The molecule has 1 N–H and O–H groups in total. The number of carbonyl (C=O) groups excluding carboxylic acids is 1. The summed E-state index contributed by atoms with van der Waals surface area (Å²) in [5, 5.41) is 3.11. The van der Waals surface area contributed by atoms with E-state index in [2.05, 4.69) is 21.2 Å². The van der Waals surface area contributed by atoms with Gasteiger partial charge in [0.15, 0.2) is 0 Å². The first-order valence-corrected chi connectivity index (χ1v) is 6.60. The molecule has 0 saturated carbocycles. The Morgan fingerprint density at radius 3 is 2.78 bits per heavy atom. The predicted molar refractivity (Wildman–Crippen MR) is 73.7 cm³/mol. The molecule has 0 radical (unpaired) electrons. The maximum Gasteiger partial charge on any atom is 0.319 e. The van der Waals surface area contributed by atoms with Gasteiger partial charge in [-0.3, -0.25) is 4.79 Å². The maximum atomic E-state index is 11.2. The van der Waals surface area contributed by atoms with Gasteiger partial charge >= 0.3 is 5.97 Å². The van der Waals surface area contributed by atoms with Gasteiger partial charge in [-0.2, -0.15) is 0 Å². The highest BCUT2D eigenvalue weighted by Gasteiger charge is 2.10. The van der Waals surface area contributed by atoms with Crippen LogP contribution < -0.4 is 10.1 Å². The number of carbonyl (C=O) groups is 1. The van der Waals surface area contributed by atoms with Crippen LogP contribution in [0.15, 0.2) is 22.7 Å². The summed E-state index contributed by atoms with van der Waals surface area (Å²) in [6, 6.07) is 5.90. The molecule has 0 aliphatic carbocycles. The molecule has 0 fully saturated rings. The standard InChI is InChI=1S/C13H18BrNO3/c1-4-18-13(16)8-15-9(2)10-5-6-12(17-3)11(14)7-10/h5-7,9,15H,4,8H2,1-3H3. The lowest BCUT2D eigenvalue weighted by Crippen LogP contribution is -2.27. The fourth-order valence-electron chi connectivity index (χ4n) is 1.52. The molecule has 0 bridgehead atoms. The van der Waals surface area contributed by atoms with E-state index in [1.165, 1.54) is 0 Å². The molecule has 0 aromatic heterocycles. The average Bonchev–Trinajstić information content (AvgIpc) is 2.36. The second kappa shape index (κ2) is 7.38. The van der Waals surface area contributed by atoms with Gasteiger partial charge in [-0.15, -0.1) is 0 Å². The third kappa shape index (κ3) is 4.31. The number of hydrogen-bond acceptors (Lipinski definition) is 4. The minimum Gasteiger partial charge on any atom is -0.496 e. The Labute approximate surface area is 116 Å². The van der Waals surface area contributed by atoms with Crippen LogP contribution in [0, 0.1) is 0 Å². The fraction of sp³-hybridized carbons (Fsp3) is 0.462. The highest BCUT2D eigenvalue weighted by Crippen LogP contribution is 2.27. The van der Waals surface area contributed by atoms with Crippen molar-refractivity contribution < 1.29 is 14.3 Å². The normalized spacial score (nSPS) is 12.0. The van der Waals surface area contributed by atoms with Crippen LogP contribution in [0.4, 0.5) is 0 Å². The Hall–Kier alpha value is -1.07. The Kier molecular flexibility index (Phi) is 6.15. The van der Waals surface area contributed by atoms with Crippen LogP contribution in [0.2, 0.25) is 0 Å². The van der Waals surface area contributed by atoms with Gasteiger partial charge in [0.1, 0.15) is 5.75 Å². The molecule has 0 amide bonds. The summed E-state index contributed by atoms with van der Waals surface area (Å²) < 4.78 is 10.9. The molecule has 0 saturated heterocycles. The summed E-state index contributed by atoms with van der Waals surface area (Å²) in [6.07, 6.45) is 0. The monoisotopic (exact) mass is 315 g/mol. The van der Waals surface area contributed by atoms with Crippen LogP contribution in [0.5, 0.6) is 5.75 Å². The molecular weight excluding hydrogens is 298 g/mol. The van der Waals surface area contributed by atoms with Crippen molar-refractivity contribution in [3.8, 4) is 5.75 Å². The zero-order chi connectivity index (χ0) is 13.5. The number of esters is 1. The van der Waals surface area contributed by atoms with E-state index in [4.69, 9.17) is 9.47 Å². The molecular formula is C13H18BrNO3. The van der Waals surface area contributed by atoms with E-state index >= 15 is 0 Å². The highest BCUT2D eigenvalue weighted by atomic mass is 79.9. The van der Waals surface area contributed by atoms with Crippen molar-refractivity contribution in [3.05, 3.63) is 28.2 Å². The van der Waals surface area contributed by atoms with Crippen molar-refractivity contribution in [2.75, 3.05) is 20.3 Å². The fourth-order valence-corrected chi connectivity index (χ4v) is 2.08. The number of ether oxygens (including phenoxy) is 2. The second-order valence-corrected chi connectivity index (χ2v) is 4.66. The summed E-state index contributed by atoms with van der Waals surface area (Å²) in [5.41, 5.74) is 1.08. The van der Waals surface area contributed by atoms with Crippen molar-refractivity contribution in [1.29, 1.82) is 0 Å². The van der Waals surface area contributed by atoms with E-state index in [-0.39, 0.29) is 18.6 Å². The molecule has 1 unspecified atom stereocenters. The molecule has 5 heteroatoms. The van der Waals surface area contributed by atoms with Crippen LogP contribution in [0.3, 0.4) is 0 Å². The molecule has 0 aliphatic rings. The summed E-state index contributed by atoms with van der Waals surface area (Å²) in [4.78, 5) is 11.2. The van der Waals surface area contributed by atoms with E-state index in [0.717, 1.165) is 15.8 Å². The van der Waals surface area contributed by atoms with Gasteiger partial charge in [0, 0.05) is 6.04 Å². The molecule has 0 spiro atoms. The molecule has 18 heavy (non-hydrogen) atoms. The third-order valence-electron chi connectivity index (χ3n) is 2.53. The minimum atomic E-state index is -0.239. The van der Waals surface area contributed by atoms with E-state index in [1.807, 2.05) is 25.1 Å². The van der Waals surface area contributed by atoms with Crippen LogP contribution in [-0.4, -0.2) is 26.2 Å². The number of benzene rings is 1. The molecule has 0 heterocycles. The topological polar surface area (TPSA) is 47.6 Å². The number of nitrogens with one attached hydrogen (secondary N) is 1. The van der Waals surface area contributed by atoms with E-state index in [0.29, 0.717) is 6.61 Å². The second-order valence-electron chi connectivity index (χ2n) is 3.80. The SMILES string of the molecule is CCOC(=O)CNC(C)c1ccc(OC)c(Br)c1.